The minimum atomic E-state index is -1.00. The maximum atomic E-state index is 12.5. The summed E-state index contributed by atoms with van der Waals surface area (Å²) < 4.78 is 0. The summed E-state index contributed by atoms with van der Waals surface area (Å²) in [6, 6.07) is 25.4. The van der Waals surface area contributed by atoms with Gasteiger partial charge in [-0.05, 0) is 41.0 Å². The summed E-state index contributed by atoms with van der Waals surface area (Å²) in [6.45, 7) is 0. The lowest BCUT2D eigenvalue weighted by Gasteiger charge is -2.09. The Morgan fingerprint density at radius 3 is 1.65 bits per heavy atom. The van der Waals surface area contributed by atoms with E-state index in [9.17, 15) is 9.59 Å². The van der Waals surface area contributed by atoms with E-state index in [0.29, 0.717) is 5.69 Å². The molecule has 0 aliphatic heterocycles. The van der Waals surface area contributed by atoms with Gasteiger partial charge in [-0.15, -0.1) is 0 Å². The second-order valence-corrected chi connectivity index (χ2v) is 5.66. The van der Waals surface area contributed by atoms with Crippen LogP contribution >= 0.6 is 0 Å². The van der Waals surface area contributed by atoms with Gasteiger partial charge in [-0.3, -0.25) is 4.79 Å². The molecular weight excluding hydrogens is 326 g/mol. The van der Waals surface area contributed by atoms with Crippen LogP contribution in [0.1, 0.15) is 21.5 Å². The summed E-state index contributed by atoms with van der Waals surface area (Å²) in [6.07, 6.45) is 1.55. The summed E-state index contributed by atoms with van der Waals surface area (Å²) >= 11 is 0. The first kappa shape index (κ1) is 17.2. The standard InChI is InChI=1S/C22H17NO3/c24-21(23-19-13-11-18(12-14-19)22(25)26)15-20(16-7-3-1-4-8-16)17-9-5-2-6-10-17/h1-15H,(H,23,24)(H,25,26). The molecule has 3 aromatic carbocycles. The molecule has 0 heterocycles. The van der Waals surface area contributed by atoms with E-state index in [1.807, 2.05) is 60.7 Å². The summed E-state index contributed by atoms with van der Waals surface area (Å²) in [7, 11) is 0. The average molecular weight is 343 g/mol. The van der Waals surface area contributed by atoms with Crippen LogP contribution in [0.4, 0.5) is 5.69 Å². The third kappa shape index (κ3) is 4.24. The molecule has 0 spiro atoms. The number of carboxylic acid groups (broad SMARTS) is 1. The van der Waals surface area contributed by atoms with Gasteiger partial charge < -0.3 is 10.4 Å². The molecule has 0 fully saturated rings. The molecule has 0 aliphatic carbocycles. The van der Waals surface area contributed by atoms with Crippen LogP contribution in [0.25, 0.3) is 5.57 Å². The Morgan fingerprint density at radius 2 is 1.19 bits per heavy atom. The smallest absolute Gasteiger partial charge is 0.335 e. The van der Waals surface area contributed by atoms with Crippen LogP contribution in [0.5, 0.6) is 0 Å². The molecule has 0 atom stereocenters. The minimum absolute atomic E-state index is 0.174. The van der Waals surface area contributed by atoms with E-state index in [2.05, 4.69) is 5.32 Å². The molecule has 128 valence electrons. The van der Waals surface area contributed by atoms with E-state index < -0.39 is 5.97 Å². The molecule has 0 bridgehead atoms. The maximum Gasteiger partial charge on any atom is 0.335 e. The van der Waals surface area contributed by atoms with Gasteiger partial charge in [0, 0.05) is 11.8 Å². The Balaban J connectivity index is 1.87. The fourth-order valence-corrected chi connectivity index (χ4v) is 2.57. The highest BCUT2D eigenvalue weighted by Gasteiger charge is 2.08. The zero-order valence-corrected chi connectivity index (χ0v) is 13.9. The van der Waals surface area contributed by atoms with E-state index in [4.69, 9.17) is 5.11 Å². The number of nitrogens with one attached hydrogen (secondary N) is 1. The van der Waals surface area contributed by atoms with Crippen LogP contribution in [0.15, 0.2) is 91.0 Å². The van der Waals surface area contributed by atoms with Crippen molar-refractivity contribution in [1.82, 2.24) is 0 Å². The predicted octanol–water partition coefficient (Wildman–Crippen LogP) is 4.46. The van der Waals surface area contributed by atoms with Gasteiger partial charge in [-0.2, -0.15) is 0 Å². The number of hydrogen-bond acceptors (Lipinski definition) is 2. The Morgan fingerprint density at radius 1 is 0.692 bits per heavy atom. The van der Waals surface area contributed by atoms with Gasteiger partial charge in [0.15, 0.2) is 0 Å². The molecule has 0 saturated heterocycles. The molecule has 1 amide bonds. The van der Waals surface area contributed by atoms with E-state index in [0.717, 1.165) is 16.7 Å². The van der Waals surface area contributed by atoms with Crippen molar-refractivity contribution in [3.8, 4) is 0 Å². The normalized spacial score (nSPS) is 10.0. The number of benzene rings is 3. The molecule has 2 N–H and O–H groups in total. The second-order valence-electron chi connectivity index (χ2n) is 5.66. The van der Waals surface area contributed by atoms with Crippen molar-refractivity contribution in [2.75, 3.05) is 5.32 Å². The van der Waals surface area contributed by atoms with Gasteiger partial charge in [0.25, 0.3) is 0 Å². The van der Waals surface area contributed by atoms with Crippen LogP contribution in [0.2, 0.25) is 0 Å². The predicted molar refractivity (Wildman–Crippen MR) is 102 cm³/mol. The van der Waals surface area contributed by atoms with Crippen LogP contribution in [0, 0.1) is 0 Å². The number of carbonyl (C=O) groups is 2. The van der Waals surface area contributed by atoms with Gasteiger partial charge >= 0.3 is 5.97 Å². The van der Waals surface area contributed by atoms with Crippen molar-refractivity contribution in [2.45, 2.75) is 0 Å². The third-order valence-electron chi connectivity index (χ3n) is 3.84. The second kappa shape index (κ2) is 7.94. The Hall–Kier alpha value is -3.66. The van der Waals surface area contributed by atoms with Crippen LogP contribution in [0.3, 0.4) is 0 Å². The summed E-state index contributed by atoms with van der Waals surface area (Å²) in [4.78, 5) is 23.4. The van der Waals surface area contributed by atoms with Gasteiger partial charge in [-0.1, -0.05) is 60.7 Å². The van der Waals surface area contributed by atoms with Crippen molar-refractivity contribution in [3.63, 3.8) is 0 Å². The topological polar surface area (TPSA) is 66.4 Å². The molecule has 26 heavy (non-hydrogen) atoms. The van der Waals surface area contributed by atoms with E-state index in [1.54, 1.807) is 18.2 Å². The SMILES string of the molecule is O=C(C=C(c1ccccc1)c1ccccc1)Nc1ccc(C(=O)O)cc1. The van der Waals surface area contributed by atoms with Gasteiger partial charge in [-0.25, -0.2) is 4.79 Å². The number of hydrogen-bond donors (Lipinski definition) is 2. The van der Waals surface area contributed by atoms with Crippen LogP contribution in [-0.2, 0) is 4.79 Å². The molecule has 0 saturated carbocycles. The van der Waals surface area contributed by atoms with Gasteiger partial charge in [0.2, 0.25) is 5.91 Å². The Kier molecular flexibility index (Phi) is 5.25. The number of anilines is 1. The lowest BCUT2D eigenvalue weighted by Crippen LogP contribution is -2.09. The molecule has 0 aliphatic rings. The van der Waals surface area contributed by atoms with E-state index >= 15 is 0 Å². The summed E-state index contributed by atoms with van der Waals surface area (Å²) in [5.74, 6) is -1.28. The lowest BCUT2D eigenvalue weighted by atomic mass is 9.97. The zero-order chi connectivity index (χ0) is 18.4. The van der Waals surface area contributed by atoms with Crippen molar-refractivity contribution >= 4 is 23.1 Å². The number of carboxylic acids is 1. The Labute approximate surface area is 151 Å². The fourth-order valence-electron chi connectivity index (χ4n) is 2.57. The lowest BCUT2D eigenvalue weighted by molar-refractivity contribution is -0.111. The first-order chi connectivity index (χ1) is 12.6. The molecule has 0 unspecified atom stereocenters. The highest BCUT2D eigenvalue weighted by Crippen LogP contribution is 2.23. The van der Waals surface area contributed by atoms with Crippen LogP contribution in [-0.4, -0.2) is 17.0 Å². The molecule has 0 radical (unpaired) electrons. The quantitative estimate of drug-likeness (QED) is 0.672. The fraction of sp³-hybridized carbons (Fsp3) is 0. The van der Waals surface area contributed by atoms with Crippen molar-refractivity contribution in [2.24, 2.45) is 0 Å². The molecule has 3 rings (SSSR count). The molecule has 4 nitrogen and oxygen atoms in total. The average Bonchev–Trinajstić information content (AvgIpc) is 2.68. The highest BCUT2D eigenvalue weighted by atomic mass is 16.4. The Bertz CT molecular complexity index is 889. The monoisotopic (exact) mass is 343 g/mol. The third-order valence-corrected chi connectivity index (χ3v) is 3.84. The summed E-state index contributed by atoms with van der Waals surface area (Å²) in [5.41, 5.74) is 3.40. The number of aromatic carboxylic acids is 1. The van der Waals surface area contributed by atoms with Gasteiger partial charge in [0.1, 0.15) is 0 Å². The molecule has 3 aromatic rings. The maximum absolute atomic E-state index is 12.5. The first-order valence-electron chi connectivity index (χ1n) is 8.10. The number of rotatable bonds is 5. The zero-order valence-electron chi connectivity index (χ0n) is 13.9. The van der Waals surface area contributed by atoms with Crippen molar-refractivity contribution in [3.05, 3.63) is 108 Å². The highest BCUT2D eigenvalue weighted by molar-refractivity contribution is 6.06. The van der Waals surface area contributed by atoms with E-state index in [-0.39, 0.29) is 11.5 Å². The van der Waals surface area contributed by atoms with Crippen LogP contribution < -0.4 is 5.32 Å². The minimum Gasteiger partial charge on any atom is -0.478 e. The van der Waals surface area contributed by atoms with Crippen molar-refractivity contribution < 1.29 is 14.7 Å². The van der Waals surface area contributed by atoms with Crippen molar-refractivity contribution in [1.29, 1.82) is 0 Å². The largest absolute Gasteiger partial charge is 0.478 e. The first-order valence-corrected chi connectivity index (χ1v) is 8.10. The molecular formula is C22H17NO3. The number of amides is 1. The number of carbonyl (C=O) groups excluding carboxylic acids is 1. The van der Waals surface area contributed by atoms with E-state index in [1.165, 1.54) is 12.1 Å². The summed E-state index contributed by atoms with van der Waals surface area (Å²) in [5, 5.41) is 11.7. The van der Waals surface area contributed by atoms with Gasteiger partial charge in [0.05, 0.1) is 5.56 Å². The molecule has 4 heteroatoms. The molecule has 0 aromatic heterocycles.